The van der Waals surface area contributed by atoms with Crippen molar-refractivity contribution in [3.8, 4) is 23.1 Å². The first-order chi connectivity index (χ1) is 9.78. The van der Waals surface area contributed by atoms with E-state index in [1.165, 1.54) is 0 Å². The van der Waals surface area contributed by atoms with Gasteiger partial charge in [0.15, 0.2) is 5.82 Å². The summed E-state index contributed by atoms with van der Waals surface area (Å²) in [5, 5.41) is 13.5. The normalized spacial score (nSPS) is 10.2. The molecule has 0 saturated carbocycles. The summed E-state index contributed by atoms with van der Waals surface area (Å²) in [5.41, 5.74) is 3.51. The molecule has 1 aromatic carbocycles. The molecule has 0 amide bonds. The minimum Gasteiger partial charge on any atom is -0.237 e. The van der Waals surface area contributed by atoms with Crippen molar-refractivity contribution < 1.29 is 0 Å². The van der Waals surface area contributed by atoms with Crippen molar-refractivity contribution in [1.29, 1.82) is 5.26 Å². The van der Waals surface area contributed by atoms with Gasteiger partial charge < -0.3 is 0 Å². The van der Waals surface area contributed by atoms with E-state index in [2.05, 4.69) is 16.2 Å². The molecule has 0 saturated heterocycles. The fourth-order valence-corrected chi connectivity index (χ4v) is 2.09. The van der Waals surface area contributed by atoms with Gasteiger partial charge in [-0.15, -0.1) is 0 Å². The Morgan fingerprint density at radius 1 is 1.10 bits per heavy atom. The Bertz CT molecular complexity index is 782. The van der Waals surface area contributed by atoms with E-state index in [4.69, 9.17) is 5.26 Å². The van der Waals surface area contributed by atoms with E-state index in [0.717, 1.165) is 17.0 Å². The lowest BCUT2D eigenvalue weighted by atomic mass is 10.1. The predicted octanol–water partition coefficient (Wildman–Crippen LogP) is 3.11. The molecule has 3 aromatic rings. The molecule has 20 heavy (non-hydrogen) atoms. The Kier molecular flexibility index (Phi) is 3.02. The second kappa shape index (κ2) is 4.98. The first kappa shape index (κ1) is 12.1. The van der Waals surface area contributed by atoms with Crippen LogP contribution in [0.2, 0.25) is 0 Å². The van der Waals surface area contributed by atoms with Crippen molar-refractivity contribution in [2.24, 2.45) is 0 Å². The number of benzene rings is 1. The number of nitrogens with zero attached hydrogens (tertiary/aromatic N) is 4. The van der Waals surface area contributed by atoms with E-state index in [1.54, 1.807) is 23.0 Å². The van der Waals surface area contributed by atoms with E-state index in [-0.39, 0.29) is 0 Å². The van der Waals surface area contributed by atoms with Crippen molar-refractivity contribution in [3.63, 3.8) is 0 Å². The van der Waals surface area contributed by atoms with Gasteiger partial charge in [0.1, 0.15) is 0 Å². The molecule has 0 aliphatic heterocycles. The summed E-state index contributed by atoms with van der Waals surface area (Å²) in [4.78, 5) is 4.31. The maximum absolute atomic E-state index is 8.99. The third kappa shape index (κ3) is 2.17. The fourth-order valence-electron chi connectivity index (χ4n) is 2.09. The van der Waals surface area contributed by atoms with Gasteiger partial charge in [0, 0.05) is 17.8 Å². The molecule has 0 atom stereocenters. The lowest BCUT2D eigenvalue weighted by molar-refractivity contribution is 0.838. The smallest absolute Gasteiger partial charge is 0.155 e. The van der Waals surface area contributed by atoms with Crippen LogP contribution in [0.4, 0.5) is 0 Å². The van der Waals surface area contributed by atoms with Crippen LogP contribution in [0.25, 0.3) is 17.1 Å². The lowest BCUT2D eigenvalue weighted by Crippen LogP contribution is -2.02. The maximum Gasteiger partial charge on any atom is 0.155 e. The Hall–Kier alpha value is -2.93. The molecule has 0 radical (unpaired) electrons. The molecule has 3 rings (SSSR count). The molecule has 96 valence electrons. The highest BCUT2D eigenvalue weighted by Gasteiger charge is 2.10. The molecular weight excluding hydrogens is 248 g/mol. The lowest BCUT2D eigenvalue weighted by Gasteiger charge is -2.06. The van der Waals surface area contributed by atoms with Crippen LogP contribution < -0.4 is 0 Å². The van der Waals surface area contributed by atoms with E-state index >= 15 is 0 Å². The number of aromatic nitrogens is 3. The van der Waals surface area contributed by atoms with E-state index in [9.17, 15) is 0 Å². The highest BCUT2D eigenvalue weighted by Crippen LogP contribution is 2.23. The average Bonchev–Trinajstić information content (AvgIpc) is 2.90. The molecule has 4 heteroatoms. The van der Waals surface area contributed by atoms with Gasteiger partial charge >= 0.3 is 0 Å². The van der Waals surface area contributed by atoms with Crippen molar-refractivity contribution in [2.45, 2.75) is 6.92 Å². The standard InChI is InChI=1S/C16H12N4/c1-12-9-15(14-5-3-2-4-6-14)20(19-12)16-10-13(11-17)7-8-18-16/h2-10H,1H3. The fraction of sp³-hybridized carbons (Fsp3) is 0.0625. The largest absolute Gasteiger partial charge is 0.237 e. The topological polar surface area (TPSA) is 54.5 Å². The molecule has 0 N–H and O–H groups in total. The molecule has 2 aromatic heterocycles. The highest BCUT2D eigenvalue weighted by molar-refractivity contribution is 5.62. The first-order valence-corrected chi connectivity index (χ1v) is 6.26. The van der Waals surface area contributed by atoms with Crippen LogP contribution in [0, 0.1) is 18.3 Å². The Labute approximate surface area is 116 Å². The van der Waals surface area contributed by atoms with Gasteiger partial charge in [-0.3, -0.25) is 0 Å². The van der Waals surface area contributed by atoms with Gasteiger partial charge in [0.05, 0.1) is 23.0 Å². The van der Waals surface area contributed by atoms with Crippen LogP contribution in [0.3, 0.4) is 0 Å². The number of hydrogen-bond acceptors (Lipinski definition) is 3. The second-order valence-electron chi connectivity index (χ2n) is 4.46. The quantitative estimate of drug-likeness (QED) is 0.711. The number of nitriles is 1. The van der Waals surface area contributed by atoms with Gasteiger partial charge in [-0.1, -0.05) is 30.3 Å². The molecule has 0 aliphatic rings. The van der Waals surface area contributed by atoms with Crippen molar-refractivity contribution in [1.82, 2.24) is 14.8 Å². The Morgan fingerprint density at radius 2 is 1.90 bits per heavy atom. The minimum absolute atomic E-state index is 0.571. The summed E-state index contributed by atoms with van der Waals surface area (Å²) >= 11 is 0. The molecule has 4 nitrogen and oxygen atoms in total. The van der Waals surface area contributed by atoms with Crippen LogP contribution >= 0.6 is 0 Å². The van der Waals surface area contributed by atoms with Gasteiger partial charge in [-0.05, 0) is 19.1 Å². The summed E-state index contributed by atoms with van der Waals surface area (Å²) in [7, 11) is 0. The molecule has 0 fully saturated rings. The molecule has 0 bridgehead atoms. The number of pyridine rings is 1. The molecule has 0 aliphatic carbocycles. The highest BCUT2D eigenvalue weighted by atomic mass is 15.3. The zero-order valence-corrected chi connectivity index (χ0v) is 11.0. The Balaban J connectivity index is 2.17. The first-order valence-electron chi connectivity index (χ1n) is 6.26. The van der Waals surface area contributed by atoms with Crippen LogP contribution in [0.1, 0.15) is 11.3 Å². The van der Waals surface area contributed by atoms with Crippen molar-refractivity contribution in [2.75, 3.05) is 0 Å². The van der Waals surface area contributed by atoms with Gasteiger partial charge in [0.2, 0.25) is 0 Å². The van der Waals surface area contributed by atoms with Crippen molar-refractivity contribution >= 4 is 0 Å². The monoisotopic (exact) mass is 260 g/mol. The van der Waals surface area contributed by atoms with Gasteiger partial charge in [0.25, 0.3) is 0 Å². The summed E-state index contributed by atoms with van der Waals surface area (Å²) in [6.07, 6.45) is 1.62. The summed E-state index contributed by atoms with van der Waals surface area (Å²) in [6.45, 7) is 1.94. The number of aryl methyl sites for hydroxylation is 1. The van der Waals surface area contributed by atoms with E-state index in [0.29, 0.717) is 11.4 Å². The molecule has 0 spiro atoms. The minimum atomic E-state index is 0.571. The second-order valence-corrected chi connectivity index (χ2v) is 4.46. The number of hydrogen-bond donors (Lipinski definition) is 0. The van der Waals surface area contributed by atoms with Gasteiger partial charge in [-0.25, -0.2) is 9.67 Å². The zero-order valence-electron chi connectivity index (χ0n) is 11.0. The van der Waals surface area contributed by atoms with Crippen LogP contribution in [0.5, 0.6) is 0 Å². The Morgan fingerprint density at radius 3 is 2.65 bits per heavy atom. The van der Waals surface area contributed by atoms with Crippen LogP contribution in [-0.4, -0.2) is 14.8 Å². The van der Waals surface area contributed by atoms with E-state index < -0.39 is 0 Å². The molecular formula is C16H12N4. The van der Waals surface area contributed by atoms with Gasteiger partial charge in [-0.2, -0.15) is 10.4 Å². The zero-order chi connectivity index (χ0) is 13.9. The summed E-state index contributed by atoms with van der Waals surface area (Å²) in [6, 6.07) is 17.6. The predicted molar refractivity (Wildman–Crippen MR) is 76.2 cm³/mol. The van der Waals surface area contributed by atoms with Crippen LogP contribution in [-0.2, 0) is 0 Å². The van der Waals surface area contributed by atoms with Crippen LogP contribution in [0.15, 0.2) is 54.7 Å². The molecule has 2 heterocycles. The maximum atomic E-state index is 8.99. The van der Waals surface area contributed by atoms with E-state index in [1.807, 2.05) is 43.3 Å². The third-order valence-corrected chi connectivity index (χ3v) is 2.99. The average molecular weight is 260 g/mol. The van der Waals surface area contributed by atoms with Crippen molar-refractivity contribution in [3.05, 3.63) is 66.0 Å². The summed E-state index contributed by atoms with van der Waals surface area (Å²) < 4.78 is 1.77. The molecule has 0 unspecified atom stereocenters. The SMILES string of the molecule is Cc1cc(-c2ccccc2)n(-c2cc(C#N)ccn2)n1. The third-order valence-electron chi connectivity index (χ3n) is 2.99. The summed E-state index contributed by atoms with van der Waals surface area (Å²) in [5.74, 6) is 0.649. The number of rotatable bonds is 2.